The summed E-state index contributed by atoms with van der Waals surface area (Å²) in [4.78, 5) is 8.00. The highest BCUT2D eigenvalue weighted by molar-refractivity contribution is 14.0. The highest BCUT2D eigenvalue weighted by Gasteiger charge is 2.09. The van der Waals surface area contributed by atoms with Gasteiger partial charge >= 0.3 is 0 Å². The zero-order chi connectivity index (χ0) is 16.3. The van der Waals surface area contributed by atoms with E-state index in [0.717, 1.165) is 57.6 Å². The topological polar surface area (TPSA) is 48.9 Å². The number of hydrogen-bond donors (Lipinski definition) is 2. The Morgan fingerprint density at radius 2 is 1.83 bits per heavy atom. The second-order valence-electron chi connectivity index (χ2n) is 5.54. The minimum atomic E-state index is 0. The fourth-order valence-corrected chi connectivity index (χ4v) is 3.12. The number of thioether (sulfide) groups is 1. The molecule has 7 heteroatoms. The molecule has 0 aliphatic carbocycles. The molecule has 0 saturated carbocycles. The van der Waals surface area contributed by atoms with Gasteiger partial charge in [0.05, 0.1) is 13.2 Å². The van der Waals surface area contributed by atoms with Gasteiger partial charge in [0, 0.05) is 50.4 Å². The number of benzene rings is 1. The average molecular weight is 464 g/mol. The van der Waals surface area contributed by atoms with Crippen molar-refractivity contribution in [2.45, 2.75) is 11.8 Å². The molecule has 0 bridgehead atoms. The van der Waals surface area contributed by atoms with Crippen LogP contribution in [0.5, 0.6) is 0 Å². The first-order valence-electron chi connectivity index (χ1n) is 8.22. The predicted octanol–water partition coefficient (Wildman–Crippen LogP) is 2.20. The van der Waals surface area contributed by atoms with Gasteiger partial charge in [-0.05, 0) is 19.1 Å². The molecule has 1 aliphatic heterocycles. The summed E-state index contributed by atoms with van der Waals surface area (Å²) in [5, 5.41) is 6.73. The van der Waals surface area contributed by atoms with E-state index in [1.165, 1.54) is 10.5 Å². The molecule has 5 nitrogen and oxygen atoms in total. The van der Waals surface area contributed by atoms with Crippen LogP contribution in [-0.2, 0) is 4.74 Å². The van der Waals surface area contributed by atoms with Gasteiger partial charge in [-0.15, -0.1) is 35.7 Å². The Morgan fingerprint density at radius 3 is 2.50 bits per heavy atom. The van der Waals surface area contributed by atoms with E-state index in [4.69, 9.17) is 4.74 Å². The van der Waals surface area contributed by atoms with Crippen molar-refractivity contribution in [1.82, 2.24) is 15.5 Å². The van der Waals surface area contributed by atoms with Gasteiger partial charge < -0.3 is 15.4 Å². The molecule has 1 heterocycles. The summed E-state index contributed by atoms with van der Waals surface area (Å²) in [6.45, 7) is 8.71. The Kier molecular flexibility index (Phi) is 11.5. The van der Waals surface area contributed by atoms with Gasteiger partial charge in [-0.2, -0.15) is 0 Å². The lowest BCUT2D eigenvalue weighted by atomic mass is 10.2. The van der Waals surface area contributed by atoms with Gasteiger partial charge in [-0.1, -0.05) is 17.7 Å². The summed E-state index contributed by atoms with van der Waals surface area (Å²) in [5.41, 5.74) is 1.30. The molecule has 0 amide bonds. The lowest BCUT2D eigenvalue weighted by molar-refractivity contribution is 0.0389. The SMILES string of the molecule is CN=C(NCCSc1ccc(C)cc1)NCCN1CCOCC1.I. The third-order valence-corrected chi connectivity index (χ3v) is 4.75. The standard InChI is InChI=1S/C17H28N4OS.HI/c1-15-3-5-16(6-4-15)23-14-8-20-17(18-2)19-7-9-21-10-12-22-13-11-21;/h3-6H,7-14H2,1-2H3,(H2,18,19,20);1H. The zero-order valence-electron chi connectivity index (χ0n) is 14.6. The number of nitrogens with one attached hydrogen (secondary N) is 2. The smallest absolute Gasteiger partial charge is 0.191 e. The molecular formula is C17H29IN4OS. The van der Waals surface area contributed by atoms with Crippen LogP contribution in [0, 0.1) is 6.92 Å². The minimum absolute atomic E-state index is 0. The van der Waals surface area contributed by atoms with Crippen molar-refractivity contribution in [2.24, 2.45) is 4.99 Å². The monoisotopic (exact) mass is 464 g/mol. The van der Waals surface area contributed by atoms with E-state index >= 15 is 0 Å². The van der Waals surface area contributed by atoms with Crippen molar-refractivity contribution >= 4 is 41.7 Å². The van der Waals surface area contributed by atoms with E-state index in [9.17, 15) is 0 Å². The first-order chi connectivity index (χ1) is 11.3. The third kappa shape index (κ3) is 8.55. The summed E-state index contributed by atoms with van der Waals surface area (Å²) in [7, 11) is 1.82. The van der Waals surface area contributed by atoms with Crippen LogP contribution < -0.4 is 10.6 Å². The fourth-order valence-electron chi connectivity index (χ4n) is 2.35. The van der Waals surface area contributed by atoms with E-state index in [0.29, 0.717) is 0 Å². The van der Waals surface area contributed by atoms with Gasteiger partial charge in [0.1, 0.15) is 0 Å². The number of hydrogen-bond acceptors (Lipinski definition) is 4. The molecule has 0 radical (unpaired) electrons. The molecule has 1 aromatic rings. The number of morpholine rings is 1. The number of guanidine groups is 1. The van der Waals surface area contributed by atoms with E-state index in [1.807, 2.05) is 18.8 Å². The Balaban J connectivity index is 0.00000288. The van der Waals surface area contributed by atoms with Crippen LogP contribution in [0.1, 0.15) is 5.56 Å². The summed E-state index contributed by atoms with van der Waals surface area (Å²) in [6.07, 6.45) is 0. The maximum absolute atomic E-state index is 5.36. The van der Waals surface area contributed by atoms with Crippen LogP contribution in [0.4, 0.5) is 0 Å². The van der Waals surface area contributed by atoms with Crippen molar-refractivity contribution in [1.29, 1.82) is 0 Å². The Bertz CT molecular complexity index is 478. The molecule has 1 aromatic carbocycles. The van der Waals surface area contributed by atoms with Gasteiger partial charge in [-0.3, -0.25) is 9.89 Å². The maximum atomic E-state index is 5.36. The average Bonchev–Trinajstić information content (AvgIpc) is 2.59. The normalized spacial score (nSPS) is 15.7. The molecule has 1 saturated heterocycles. The maximum Gasteiger partial charge on any atom is 0.191 e. The van der Waals surface area contributed by atoms with E-state index in [-0.39, 0.29) is 24.0 Å². The van der Waals surface area contributed by atoms with Gasteiger partial charge in [0.2, 0.25) is 0 Å². The highest BCUT2D eigenvalue weighted by Crippen LogP contribution is 2.17. The lowest BCUT2D eigenvalue weighted by Crippen LogP contribution is -2.44. The van der Waals surface area contributed by atoms with Crippen LogP contribution >= 0.6 is 35.7 Å². The van der Waals surface area contributed by atoms with Crippen LogP contribution in [0.3, 0.4) is 0 Å². The summed E-state index contributed by atoms with van der Waals surface area (Å²) in [6, 6.07) is 8.66. The molecule has 1 aliphatic rings. The molecule has 136 valence electrons. The fraction of sp³-hybridized carbons (Fsp3) is 0.588. The number of rotatable bonds is 7. The van der Waals surface area contributed by atoms with Crippen LogP contribution in [0.15, 0.2) is 34.2 Å². The van der Waals surface area contributed by atoms with Crippen molar-refractivity contribution in [3.05, 3.63) is 29.8 Å². The number of aliphatic imine (C=N–C) groups is 1. The van der Waals surface area contributed by atoms with E-state index in [1.54, 1.807) is 0 Å². The van der Waals surface area contributed by atoms with Crippen molar-refractivity contribution < 1.29 is 4.74 Å². The molecule has 0 atom stereocenters. The third-order valence-electron chi connectivity index (χ3n) is 3.73. The Morgan fingerprint density at radius 1 is 1.17 bits per heavy atom. The first kappa shape index (κ1) is 21.5. The summed E-state index contributed by atoms with van der Waals surface area (Å²) < 4.78 is 5.36. The summed E-state index contributed by atoms with van der Waals surface area (Å²) >= 11 is 1.86. The molecule has 24 heavy (non-hydrogen) atoms. The summed E-state index contributed by atoms with van der Waals surface area (Å²) in [5.74, 6) is 1.90. The quantitative estimate of drug-likeness (QED) is 0.213. The van der Waals surface area contributed by atoms with Gasteiger partial charge in [0.15, 0.2) is 5.96 Å². The number of aryl methyl sites for hydroxylation is 1. The molecule has 1 fully saturated rings. The van der Waals surface area contributed by atoms with Crippen molar-refractivity contribution in [3.63, 3.8) is 0 Å². The minimum Gasteiger partial charge on any atom is -0.379 e. The van der Waals surface area contributed by atoms with Crippen molar-refractivity contribution in [3.8, 4) is 0 Å². The van der Waals surface area contributed by atoms with Crippen LogP contribution in [-0.4, -0.2) is 69.6 Å². The Labute approximate surface area is 167 Å². The highest BCUT2D eigenvalue weighted by atomic mass is 127. The molecule has 2 rings (SSSR count). The molecule has 0 spiro atoms. The Hall–Kier alpha value is -0.510. The zero-order valence-corrected chi connectivity index (χ0v) is 17.7. The lowest BCUT2D eigenvalue weighted by Gasteiger charge is -2.26. The van der Waals surface area contributed by atoms with Crippen LogP contribution in [0.2, 0.25) is 0 Å². The largest absolute Gasteiger partial charge is 0.379 e. The first-order valence-corrected chi connectivity index (χ1v) is 9.20. The second-order valence-corrected chi connectivity index (χ2v) is 6.71. The molecule has 0 unspecified atom stereocenters. The number of ether oxygens (including phenoxy) is 1. The second kappa shape index (κ2) is 12.8. The molecule has 0 aromatic heterocycles. The van der Waals surface area contributed by atoms with Gasteiger partial charge in [-0.25, -0.2) is 0 Å². The molecular weight excluding hydrogens is 435 g/mol. The number of halogens is 1. The van der Waals surface area contributed by atoms with Crippen molar-refractivity contribution in [2.75, 3.05) is 58.7 Å². The van der Waals surface area contributed by atoms with E-state index < -0.39 is 0 Å². The predicted molar refractivity (Wildman–Crippen MR) is 114 cm³/mol. The number of nitrogens with zero attached hydrogens (tertiary/aromatic N) is 2. The molecule has 2 N–H and O–H groups in total. The van der Waals surface area contributed by atoms with E-state index in [2.05, 4.69) is 51.7 Å². The van der Waals surface area contributed by atoms with Gasteiger partial charge in [0.25, 0.3) is 0 Å². The van der Waals surface area contributed by atoms with Crippen LogP contribution in [0.25, 0.3) is 0 Å².